The first-order chi connectivity index (χ1) is 8.22. The lowest BCUT2D eigenvalue weighted by atomic mass is 9.94. The number of carbonyl (C=O) groups is 1. The van der Waals surface area contributed by atoms with Gasteiger partial charge in [-0.25, -0.2) is 0 Å². The van der Waals surface area contributed by atoms with Crippen LogP contribution in [0.25, 0.3) is 10.9 Å². The molecule has 1 aliphatic carbocycles. The van der Waals surface area contributed by atoms with Gasteiger partial charge in [-0.1, -0.05) is 11.6 Å². The van der Waals surface area contributed by atoms with Crippen molar-refractivity contribution in [2.45, 2.75) is 39.7 Å². The minimum Gasteiger partial charge on any atom is -0.338 e. The average Bonchev–Trinajstić information content (AvgIpc) is 2.64. The zero-order valence-electron chi connectivity index (χ0n) is 10.4. The molecule has 0 saturated carbocycles. The summed E-state index contributed by atoms with van der Waals surface area (Å²) in [5.41, 5.74) is 4.74. The summed E-state index contributed by atoms with van der Waals surface area (Å²) in [5.74, 6) is 0.321. The molecule has 0 bridgehead atoms. The maximum absolute atomic E-state index is 12.1. The van der Waals surface area contributed by atoms with Crippen molar-refractivity contribution in [1.82, 2.24) is 4.57 Å². The predicted molar refractivity (Wildman–Crippen MR) is 69.6 cm³/mol. The van der Waals surface area contributed by atoms with E-state index in [0.717, 1.165) is 25.1 Å². The highest BCUT2D eigenvalue weighted by Crippen LogP contribution is 2.32. The number of hydrogen-bond acceptors (Lipinski definition) is 1. The molecule has 0 spiro atoms. The lowest BCUT2D eigenvalue weighted by molar-refractivity contribution is 0.0963. The van der Waals surface area contributed by atoms with E-state index in [1.165, 1.54) is 22.0 Å². The van der Waals surface area contributed by atoms with E-state index in [1.54, 1.807) is 0 Å². The Kier molecular flexibility index (Phi) is 2.32. The Bertz CT molecular complexity index is 607. The highest BCUT2D eigenvalue weighted by Gasteiger charge is 2.24. The Hall–Kier alpha value is -1.57. The predicted octanol–water partition coefficient (Wildman–Crippen LogP) is 3.49. The Morgan fingerprint density at radius 1 is 1.29 bits per heavy atom. The fraction of sp³-hybridized carbons (Fsp3) is 0.400. The fourth-order valence-electron chi connectivity index (χ4n) is 2.98. The van der Waals surface area contributed by atoms with E-state index in [-0.39, 0.29) is 0 Å². The third kappa shape index (κ3) is 1.43. The first-order valence-corrected chi connectivity index (χ1v) is 6.37. The van der Waals surface area contributed by atoms with Gasteiger partial charge in [-0.05, 0) is 44.4 Å². The minimum absolute atomic E-state index is 0.321. The monoisotopic (exact) mass is 227 g/mol. The van der Waals surface area contributed by atoms with Crippen LogP contribution in [0.3, 0.4) is 0 Å². The third-order valence-corrected chi connectivity index (χ3v) is 3.73. The molecule has 0 aliphatic heterocycles. The zero-order chi connectivity index (χ0) is 12.0. The summed E-state index contributed by atoms with van der Waals surface area (Å²) in [5, 5.41) is 1.29. The van der Waals surface area contributed by atoms with Gasteiger partial charge in [-0.2, -0.15) is 0 Å². The second kappa shape index (κ2) is 3.73. The maximum Gasteiger partial charge on any atom is 0.179 e. The number of ketones is 1. The molecule has 88 valence electrons. The van der Waals surface area contributed by atoms with Crippen molar-refractivity contribution in [3.8, 4) is 0 Å². The molecule has 2 heteroatoms. The van der Waals surface area contributed by atoms with E-state index in [4.69, 9.17) is 0 Å². The van der Waals surface area contributed by atoms with Crippen LogP contribution in [0.2, 0.25) is 0 Å². The number of aromatic nitrogens is 1. The molecule has 3 rings (SSSR count). The van der Waals surface area contributed by atoms with E-state index in [2.05, 4.69) is 36.6 Å². The molecule has 2 aromatic rings. The molecule has 0 atom stereocenters. The summed E-state index contributed by atoms with van der Waals surface area (Å²) in [6, 6.07) is 6.50. The lowest BCUT2D eigenvalue weighted by Crippen LogP contribution is -2.14. The van der Waals surface area contributed by atoms with Crippen LogP contribution < -0.4 is 0 Å². The summed E-state index contributed by atoms with van der Waals surface area (Å²) < 4.78 is 2.19. The lowest BCUT2D eigenvalue weighted by Gasteiger charge is -2.13. The molecule has 0 amide bonds. The van der Waals surface area contributed by atoms with Crippen molar-refractivity contribution < 1.29 is 4.79 Å². The summed E-state index contributed by atoms with van der Waals surface area (Å²) in [6.45, 7) is 5.10. The summed E-state index contributed by atoms with van der Waals surface area (Å²) in [6.07, 6.45) is 2.76. The second-order valence-corrected chi connectivity index (χ2v) is 4.87. The van der Waals surface area contributed by atoms with Gasteiger partial charge < -0.3 is 4.57 Å². The molecule has 0 N–H and O–H groups in total. The SMILES string of the molecule is CCn1c2c(c3cc(C)ccc31)CCCC2=O. The second-order valence-electron chi connectivity index (χ2n) is 4.87. The maximum atomic E-state index is 12.1. The minimum atomic E-state index is 0.321. The van der Waals surface area contributed by atoms with Crippen LogP contribution in [0.4, 0.5) is 0 Å². The van der Waals surface area contributed by atoms with Gasteiger partial charge in [-0.3, -0.25) is 4.79 Å². The Morgan fingerprint density at radius 2 is 2.12 bits per heavy atom. The Balaban J connectivity index is 2.42. The average molecular weight is 227 g/mol. The quantitative estimate of drug-likeness (QED) is 0.731. The van der Waals surface area contributed by atoms with Gasteiger partial charge in [0, 0.05) is 23.9 Å². The summed E-state index contributed by atoms with van der Waals surface area (Å²) in [7, 11) is 0. The van der Waals surface area contributed by atoms with Crippen molar-refractivity contribution in [3.63, 3.8) is 0 Å². The standard InChI is InChI=1S/C15H17NO/c1-3-16-13-8-7-10(2)9-12(13)11-5-4-6-14(17)15(11)16/h7-9H,3-6H2,1-2H3. The number of aryl methyl sites for hydroxylation is 3. The zero-order valence-corrected chi connectivity index (χ0v) is 10.4. The van der Waals surface area contributed by atoms with E-state index < -0.39 is 0 Å². The number of rotatable bonds is 1. The van der Waals surface area contributed by atoms with Crippen LogP contribution in [-0.4, -0.2) is 10.4 Å². The van der Waals surface area contributed by atoms with Gasteiger partial charge >= 0.3 is 0 Å². The van der Waals surface area contributed by atoms with Crippen molar-refractivity contribution in [2.24, 2.45) is 0 Å². The van der Waals surface area contributed by atoms with Crippen LogP contribution in [-0.2, 0) is 13.0 Å². The van der Waals surface area contributed by atoms with Gasteiger partial charge in [0.25, 0.3) is 0 Å². The molecule has 2 nitrogen and oxygen atoms in total. The largest absolute Gasteiger partial charge is 0.338 e. The summed E-state index contributed by atoms with van der Waals surface area (Å²) >= 11 is 0. The molecule has 0 radical (unpaired) electrons. The van der Waals surface area contributed by atoms with Gasteiger partial charge in [0.2, 0.25) is 0 Å². The smallest absolute Gasteiger partial charge is 0.179 e. The first-order valence-electron chi connectivity index (χ1n) is 6.37. The van der Waals surface area contributed by atoms with Crippen molar-refractivity contribution in [2.75, 3.05) is 0 Å². The molecular weight excluding hydrogens is 210 g/mol. The highest BCUT2D eigenvalue weighted by atomic mass is 16.1. The van der Waals surface area contributed by atoms with Crippen LogP contribution in [0.1, 0.15) is 41.4 Å². The topological polar surface area (TPSA) is 22.0 Å². The number of hydrogen-bond donors (Lipinski definition) is 0. The van der Waals surface area contributed by atoms with E-state index in [0.29, 0.717) is 12.2 Å². The first kappa shape index (κ1) is 10.6. The van der Waals surface area contributed by atoms with Crippen LogP contribution in [0.15, 0.2) is 18.2 Å². The van der Waals surface area contributed by atoms with Crippen molar-refractivity contribution in [3.05, 3.63) is 35.0 Å². The van der Waals surface area contributed by atoms with E-state index in [1.807, 2.05) is 0 Å². The van der Waals surface area contributed by atoms with Gasteiger partial charge in [0.15, 0.2) is 5.78 Å². The normalized spacial score (nSPS) is 15.3. The fourth-order valence-corrected chi connectivity index (χ4v) is 2.98. The molecule has 1 aliphatic rings. The van der Waals surface area contributed by atoms with Crippen molar-refractivity contribution >= 4 is 16.7 Å². The van der Waals surface area contributed by atoms with Crippen LogP contribution in [0, 0.1) is 6.92 Å². The molecule has 1 aromatic heterocycles. The van der Waals surface area contributed by atoms with Gasteiger partial charge in [-0.15, -0.1) is 0 Å². The van der Waals surface area contributed by atoms with E-state index in [9.17, 15) is 4.79 Å². The number of benzene rings is 1. The van der Waals surface area contributed by atoms with Gasteiger partial charge in [0.1, 0.15) is 0 Å². The molecule has 0 saturated heterocycles. The Morgan fingerprint density at radius 3 is 2.88 bits per heavy atom. The molecule has 0 unspecified atom stereocenters. The van der Waals surface area contributed by atoms with E-state index >= 15 is 0 Å². The summed E-state index contributed by atoms with van der Waals surface area (Å²) in [4.78, 5) is 12.1. The van der Waals surface area contributed by atoms with Gasteiger partial charge in [0.05, 0.1) is 5.69 Å². The molecule has 1 heterocycles. The van der Waals surface area contributed by atoms with Crippen LogP contribution >= 0.6 is 0 Å². The number of nitrogens with zero attached hydrogens (tertiary/aromatic N) is 1. The molecule has 0 fully saturated rings. The number of carbonyl (C=O) groups excluding carboxylic acids is 1. The number of fused-ring (bicyclic) bond motifs is 3. The van der Waals surface area contributed by atoms with Crippen LogP contribution in [0.5, 0.6) is 0 Å². The third-order valence-electron chi connectivity index (χ3n) is 3.73. The number of Topliss-reactive ketones (excluding diaryl/α,β-unsaturated/α-hetero) is 1. The van der Waals surface area contributed by atoms with Crippen molar-refractivity contribution in [1.29, 1.82) is 0 Å². The molecular formula is C15H17NO. The molecule has 1 aromatic carbocycles. The highest BCUT2D eigenvalue weighted by molar-refractivity contribution is 6.04. The molecule has 17 heavy (non-hydrogen) atoms. The Labute approximate surface area is 101 Å².